The van der Waals surface area contributed by atoms with Gasteiger partial charge in [0.15, 0.2) is 11.5 Å². The molecule has 0 bridgehead atoms. The van der Waals surface area contributed by atoms with Crippen molar-refractivity contribution in [2.45, 2.75) is 13.5 Å². The maximum absolute atomic E-state index is 9.49. The fraction of sp³-hybridized carbons (Fsp3) is 0.400. The summed E-state index contributed by atoms with van der Waals surface area (Å²) in [4.78, 5) is 1.94. The molecule has 0 aromatic heterocycles. The lowest BCUT2D eigenvalue weighted by atomic mass is 10.1. The molecule has 0 saturated carbocycles. The third kappa shape index (κ3) is 2.36. The molecule has 0 spiro atoms. The van der Waals surface area contributed by atoms with Gasteiger partial charge in [-0.05, 0) is 32.6 Å². The van der Waals surface area contributed by atoms with Gasteiger partial charge in [-0.25, -0.2) is 0 Å². The molecule has 0 fully saturated rings. The molecule has 0 amide bonds. The summed E-state index contributed by atoms with van der Waals surface area (Å²) in [5.74, 6) is -0.0591. The smallest absolute Gasteiger partial charge is 0.162 e. The monoisotopic (exact) mass is 181 g/mol. The van der Waals surface area contributed by atoms with Gasteiger partial charge in [0.1, 0.15) is 0 Å². The molecule has 0 radical (unpaired) electrons. The first-order chi connectivity index (χ1) is 6.00. The summed E-state index contributed by atoms with van der Waals surface area (Å²) in [5.41, 5.74) is 1.70. The average Bonchev–Trinajstić information content (AvgIpc) is 1.98. The zero-order valence-electron chi connectivity index (χ0n) is 8.20. The lowest BCUT2D eigenvalue weighted by molar-refractivity contribution is 0.368. The second kappa shape index (κ2) is 3.66. The number of hydrogen-bond acceptors (Lipinski definition) is 3. The van der Waals surface area contributed by atoms with Crippen LogP contribution in [-0.2, 0) is 6.54 Å². The van der Waals surface area contributed by atoms with Gasteiger partial charge in [-0.15, -0.1) is 0 Å². The molecular formula is C10H15NO2. The van der Waals surface area contributed by atoms with Crippen LogP contribution in [0.4, 0.5) is 0 Å². The number of benzene rings is 1. The van der Waals surface area contributed by atoms with Gasteiger partial charge in [0.25, 0.3) is 0 Å². The van der Waals surface area contributed by atoms with Gasteiger partial charge < -0.3 is 15.1 Å². The topological polar surface area (TPSA) is 43.7 Å². The first kappa shape index (κ1) is 9.86. The molecule has 3 heteroatoms. The highest BCUT2D eigenvalue weighted by atomic mass is 16.3. The minimum atomic E-state index is -0.0446. The molecule has 0 saturated heterocycles. The van der Waals surface area contributed by atoms with E-state index in [-0.39, 0.29) is 11.5 Å². The summed E-state index contributed by atoms with van der Waals surface area (Å²) >= 11 is 0. The zero-order valence-corrected chi connectivity index (χ0v) is 8.20. The molecule has 0 heterocycles. The Labute approximate surface area is 78.2 Å². The fourth-order valence-corrected chi connectivity index (χ4v) is 1.29. The summed E-state index contributed by atoms with van der Waals surface area (Å²) in [6, 6.07) is 3.42. The Bertz CT molecular complexity index is 308. The molecule has 1 rings (SSSR count). The van der Waals surface area contributed by atoms with Crippen LogP contribution in [-0.4, -0.2) is 29.2 Å². The standard InChI is InChI=1S/C10H15NO2/c1-7-4-8(6-11(2)3)10(13)9(12)5-7/h4-5,12-13H,6H2,1-3H3. The van der Waals surface area contributed by atoms with Crippen LogP contribution in [0.1, 0.15) is 11.1 Å². The lowest BCUT2D eigenvalue weighted by Gasteiger charge is -2.12. The molecule has 0 atom stereocenters. The highest BCUT2D eigenvalue weighted by Crippen LogP contribution is 2.30. The third-order valence-corrected chi connectivity index (χ3v) is 1.80. The maximum Gasteiger partial charge on any atom is 0.162 e. The van der Waals surface area contributed by atoms with E-state index in [1.54, 1.807) is 6.07 Å². The van der Waals surface area contributed by atoms with E-state index in [4.69, 9.17) is 0 Å². The van der Waals surface area contributed by atoms with Crippen molar-refractivity contribution < 1.29 is 10.2 Å². The Morgan fingerprint density at radius 3 is 2.38 bits per heavy atom. The van der Waals surface area contributed by atoms with Gasteiger partial charge in [-0.3, -0.25) is 0 Å². The van der Waals surface area contributed by atoms with E-state index in [0.29, 0.717) is 6.54 Å². The van der Waals surface area contributed by atoms with Crippen molar-refractivity contribution in [3.8, 4) is 11.5 Å². The van der Waals surface area contributed by atoms with E-state index in [0.717, 1.165) is 11.1 Å². The van der Waals surface area contributed by atoms with Crippen LogP contribution < -0.4 is 0 Å². The highest BCUT2D eigenvalue weighted by Gasteiger charge is 2.07. The summed E-state index contributed by atoms with van der Waals surface area (Å²) in [6.45, 7) is 2.51. The largest absolute Gasteiger partial charge is 0.504 e. The molecule has 13 heavy (non-hydrogen) atoms. The first-order valence-electron chi connectivity index (χ1n) is 4.17. The van der Waals surface area contributed by atoms with Crippen molar-refractivity contribution in [3.05, 3.63) is 23.3 Å². The van der Waals surface area contributed by atoms with Crippen molar-refractivity contribution in [1.82, 2.24) is 4.90 Å². The van der Waals surface area contributed by atoms with Crippen LogP contribution in [0.5, 0.6) is 11.5 Å². The minimum absolute atomic E-state index is 0.0145. The predicted octanol–water partition coefficient (Wildman–Crippen LogP) is 1.47. The Morgan fingerprint density at radius 1 is 1.23 bits per heavy atom. The van der Waals surface area contributed by atoms with Gasteiger partial charge >= 0.3 is 0 Å². The van der Waals surface area contributed by atoms with Crippen molar-refractivity contribution in [2.75, 3.05) is 14.1 Å². The van der Waals surface area contributed by atoms with E-state index >= 15 is 0 Å². The molecule has 0 aliphatic rings. The predicted molar refractivity (Wildman–Crippen MR) is 51.9 cm³/mol. The highest BCUT2D eigenvalue weighted by molar-refractivity contribution is 5.47. The second-order valence-corrected chi connectivity index (χ2v) is 3.53. The van der Waals surface area contributed by atoms with E-state index in [9.17, 15) is 10.2 Å². The summed E-state index contributed by atoms with van der Waals surface area (Å²) < 4.78 is 0. The van der Waals surface area contributed by atoms with Crippen LogP contribution >= 0.6 is 0 Å². The quantitative estimate of drug-likeness (QED) is 0.679. The van der Waals surface area contributed by atoms with E-state index < -0.39 is 0 Å². The Balaban J connectivity index is 3.05. The number of nitrogens with zero attached hydrogens (tertiary/aromatic N) is 1. The Morgan fingerprint density at radius 2 is 1.85 bits per heavy atom. The summed E-state index contributed by atoms with van der Waals surface area (Å²) in [5, 5.41) is 18.8. The first-order valence-corrected chi connectivity index (χ1v) is 4.17. The third-order valence-electron chi connectivity index (χ3n) is 1.80. The molecule has 0 aliphatic heterocycles. The maximum atomic E-state index is 9.49. The second-order valence-electron chi connectivity index (χ2n) is 3.53. The number of rotatable bonds is 2. The van der Waals surface area contributed by atoms with Crippen molar-refractivity contribution >= 4 is 0 Å². The van der Waals surface area contributed by atoms with Crippen molar-refractivity contribution in [3.63, 3.8) is 0 Å². The van der Waals surface area contributed by atoms with E-state index in [1.807, 2.05) is 32.0 Å². The normalized spacial score (nSPS) is 10.8. The molecule has 1 aromatic rings. The minimum Gasteiger partial charge on any atom is -0.504 e. The van der Waals surface area contributed by atoms with E-state index in [1.165, 1.54) is 0 Å². The summed E-state index contributed by atoms with van der Waals surface area (Å²) in [7, 11) is 3.83. The van der Waals surface area contributed by atoms with Gasteiger partial charge in [-0.2, -0.15) is 0 Å². The van der Waals surface area contributed by atoms with Gasteiger partial charge in [0, 0.05) is 12.1 Å². The number of phenolic OH excluding ortho intramolecular Hbond substituents is 2. The molecule has 1 aromatic carbocycles. The zero-order chi connectivity index (χ0) is 10.0. The molecule has 0 unspecified atom stereocenters. The van der Waals surface area contributed by atoms with Crippen molar-refractivity contribution in [2.24, 2.45) is 0 Å². The van der Waals surface area contributed by atoms with Crippen LogP contribution in [0.3, 0.4) is 0 Å². The van der Waals surface area contributed by atoms with Gasteiger partial charge in [-0.1, -0.05) is 6.07 Å². The number of hydrogen-bond donors (Lipinski definition) is 2. The number of phenols is 2. The molecular weight excluding hydrogens is 166 g/mol. The van der Waals surface area contributed by atoms with Crippen molar-refractivity contribution in [1.29, 1.82) is 0 Å². The SMILES string of the molecule is Cc1cc(O)c(O)c(CN(C)C)c1. The van der Waals surface area contributed by atoms with Crippen LogP contribution in [0, 0.1) is 6.92 Å². The molecule has 2 N–H and O–H groups in total. The molecule has 3 nitrogen and oxygen atoms in total. The number of aromatic hydroxyl groups is 2. The fourth-order valence-electron chi connectivity index (χ4n) is 1.29. The molecule has 72 valence electrons. The summed E-state index contributed by atoms with van der Waals surface area (Å²) in [6.07, 6.45) is 0. The average molecular weight is 181 g/mol. The Kier molecular flexibility index (Phi) is 2.78. The van der Waals surface area contributed by atoms with Crippen LogP contribution in [0.15, 0.2) is 12.1 Å². The van der Waals surface area contributed by atoms with Gasteiger partial charge in [0.05, 0.1) is 0 Å². The Hall–Kier alpha value is -1.22. The van der Waals surface area contributed by atoms with Crippen LogP contribution in [0.25, 0.3) is 0 Å². The number of aryl methyl sites for hydroxylation is 1. The van der Waals surface area contributed by atoms with E-state index in [2.05, 4.69) is 0 Å². The van der Waals surface area contributed by atoms with Crippen LogP contribution in [0.2, 0.25) is 0 Å². The molecule has 0 aliphatic carbocycles. The lowest BCUT2D eigenvalue weighted by Crippen LogP contribution is -2.10. The van der Waals surface area contributed by atoms with Gasteiger partial charge in [0.2, 0.25) is 0 Å².